The Morgan fingerprint density at radius 3 is 2.89 bits per heavy atom. The summed E-state index contributed by atoms with van der Waals surface area (Å²) in [5.74, 6) is -0.0627. The molecule has 1 saturated heterocycles. The summed E-state index contributed by atoms with van der Waals surface area (Å²) in [5, 5.41) is 0.274. The number of hydrogen-bond acceptors (Lipinski definition) is 3. The van der Waals surface area contributed by atoms with Gasteiger partial charge in [0.1, 0.15) is 5.15 Å². The smallest absolute Gasteiger partial charge is 0.256 e. The van der Waals surface area contributed by atoms with Gasteiger partial charge in [-0.1, -0.05) is 11.6 Å². The van der Waals surface area contributed by atoms with Crippen LogP contribution in [0.15, 0.2) is 18.3 Å². The highest BCUT2D eigenvalue weighted by molar-refractivity contribution is 6.32. The molecule has 0 radical (unpaired) electrons. The molecule has 5 heteroatoms. The van der Waals surface area contributed by atoms with E-state index in [1.54, 1.807) is 23.2 Å². The standard InChI is InChI=1S/C13H18ClN3O/c1-16(9-10-17-7-2-3-8-17)13(18)11-5-4-6-15-12(11)14/h4-6H,2-3,7-10H2,1H3. The Hall–Kier alpha value is -1.13. The molecule has 1 aliphatic heterocycles. The Balaban J connectivity index is 1.90. The average Bonchev–Trinajstić information content (AvgIpc) is 2.89. The number of nitrogens with zero attached hydrogens (tertiary/aromatic N) is 3. The van der Waals surface area contributed by atoms with E-state index >= 15 is 0 Å². The molecular weight excluding hydrogens is 250 g/mol. The molecule has 1 aromatic heterocycles. The molecule has 0 N–H and O–H groups in total. The molecule has 1 aromatic rings. The molecule has 0 bridgehead atoms. The lowest BCUT2D eigenvalue weighted by atomic mass is 10.2. The summed E-state index contributed by atoms with van der Waals surface area (Å²) in [6, 6.07) is 3.44. The van der Waals surface area contributed by atoms with Gasteiger partial charge in [0.15, 0.2) is 0 Å². The van der Waals surface area contributed by atoms with Gasteiger partial charge < -0.3 is 9.80 Å². The first-order chi connectivity index (χ1) is 8.68. The van der Waals surface area contributed by atoms with Gasteiger partial charge in [-0.2, -0.15) is 0 Å². The Labute approximate surface area is 113 Å². The van der Waals surface area contributed by atoms with Crippen LogP contribution in [-0.2, 0) is 0 Å². The fourth-order valence-corrected chi connectivity index (χ4v) is 2.35. The van der Waals surface area contributed by atoms with Gasteiger partial charge in [-0.05, 0) is 38.1 Å². The number of likely N-dealkylation sites (tertiary alicyclic amines) is 1. The minimum Gasteiger partial charge on any atom is -0.340 e. The number of pyridine rings is 1. The van der Waals surface area contributed by atoms with Crippen LogP contribution in [0.3, 0.4) is 0 Å². The molecule has 0 atom stereocenters. The van der Waals surface area contributed by atoms with Crippen LogP contribution < -0.4 is 0 Å². The van der Waals surface area contributed by atoms with Gasteiger partial charge in [0, 0.05) is 26.3 Å². The van der Waals surface area contributed by atoms with Crippen LogP contribution in [0.2, 0.25) is 5.15 Å². The number of rotatable bonds is 4. The SMILES string of the molecule is CN(CCN1CCCC1)C(=O)c1cccnc1Cl. The summed E-state index contributed by atoms with van der Waals surface area (Å²) in [6.07, 6.45) is 4.13. The lowest BCUT2D eigenvalue weighted by molar-refractivity contribution is 0.0782. The van der Waals surface area contributed by atoms with Crippen molar-refractivity contribution >= 4 is 17.5 Å². The van der Waals surface area contributed by atoms with Crippen LogP contribution >= 0.6 is 11.6 Å². The number of amides is 1. The molecular formula is C13H18ClN3O. The van der Waals surface area contributed by atoms with E-state index in [0.717, 1.165) is 26.2 Å². The van der Waals surface area contributed by atoms with E-state index in [-0.39, 0.29) is 11.1 Å². The summed E-state index contributed by atoms with van der Waals surface area (Å²) in [5.41, 5.74) is 0.475. The predicted molar refractivity (Wildman–Crippen MR) is 71.9 cm³/mol. The summed E-state index contributed by atoms with van der Waals surface area (Å²) < 4.78 is 0. The summed E-state index contributed by atoms with van der Waals surface area (Å²) in [6.45, 7) is 3.95. The van der Waals surface area contributed by atoms with Gasteiger partial charge in [-0.25, -0.2) is 4.98 Å². The van der Waals surface area contributed by atoms with Gasteiger partial charge in [0.05, 0.1) is 5.56 Å². The topological polar surface area (TPSA) is 36.4 Å². The molecule has 1 amide bonds. The third-order valence-electron chi connectivity index (χ3n) is 3.29. The van der Waals surface area contributed by atoms with Crippen molar-refractivity contribution in [3.63, 3.8) is 0 Å². The largest absolute Gasteiger partial charge is 0.340 e. The zero-order valence-electron chi connectivity index (χ0n) is 10.6. The Bertz CT molecular complexity index is 418. The van der Waals surface area contributed by atoms with Crippen molar-refractivity contribution in [2.45, 2.75) is 12.8 Å². The lowest BCUT2D eigenvalue weighted by Crippen LogP contribution is -2.35. The summed E-state index contributed by atoms with van der Waals surface area (Å²) in [4.78, 5) is 20.2. The normalized spacial score (nSPS) is 15.9. The van der Waals surface area contributed by atoms with Crippen LogP contribution in [-0.4, -0.2) is 53.9 Å². The minimum atomic E-state index is -0.0627. The second-order valence-corrected chi connectivity index (χ2v) is 4.98. The third kappa shape index (κ3) is 3.21. The third-order valence-corrected chi connectivity index (χ3v) is 3.59. The molecule has 0 saturated carbocycles. The van der Waals surface area contributed by atoms with E-state index in [1.165, 1.54) is 12.8 Å². The Kier molecular flexibility index (Phi) is 4.55. The number of halogens is 1. The maximum atomic E-state index is 12.2. The Morgan fingerprint density at radius 2 is 2.22 bits per heavy atom. The second-order valence-electron chi connectivity index (χ2n) is 4.62. The fourth-order valence-electron chi connectivity index (χ4n) is 2.15. The van der Waals surface area contributed by atoms with E-state index in [0.29, 0.717) is 5.56 Å². The van der Waals surface area contributed by atoms with Crippen molar-refractivity contribution in [1.29, 1.82) is 0 Å². The van der Waals surface area contributed by atoms with Crippen LogP contribution in [0.5, 0.6) is 0 Å². The molecule has 2 rings (SSSR count). The van der Waals surface area contributed by atoms with Crippen molar-refractivity contribution in [3.8, 4) is 0 Å². The molecule has 0 spiro atoms. The van der Waals surface area contributed by atoms with Crippen molar-refractivity contribution in [1.82, 2.24) is 14.8 Å². The minimum absolute atomic E-state index is 0.0627. The number of aromatic nitrogens is 1. The van der Waals surface area contributed by atoms with Crippen LogP contribution in [0, 0.1) is 0 Å². The van der Waals surface area contributed by atoms with Crippen molar-refractivity contribution in [3.05, 3.63) is 29.0 Å². The first-order valence-corrected chi connectivity index (χ1v) is 6.64. The first-order valence-electron chi connectivity index (χ1n) is 6.27. The zero-order valence-corrected chi connectivity index (χ0v) is 11.4. The highest BCUT2D eigenvalue weighted by Gasteiger charge is 2.17. The van der Waals surface area contributed by atoms with Crippen LogP contribution in [0.1, 0.15) is 23.2 Å². The monoisotopic (exact) mass is 267 g/mol. The summed E-state index contributed by atoms with van der Waals surface area (Å²) in [7, 11) is 1.81. The quantitative estimate of drug-likeness (QED) is 0.782. The van der Waals surface area contributed by atoms with E-state index in [9.17, 15) is 4.79 Å². The molecule has 0 aromatic carbocycles. The number of hydrogen-bond donors (Lipinski definition) is 0. The van der Waals surface area contributed by atoms with Crippen molar-refractivity contribution < 1.29 is 4.79 Å². The van der Waals surface area contributed by atoms with Gasteiger partial charge in [0.25, 0.3) is 5.91 Å². The number of likely N-dealkylation sites (N-methyl/N-ethyl adjacent to an activating group) is 1. The van der Waals surface area contributed by atoms with Gasteiger partial charge in [-0.3, -0.25) is 4.79 Å². The second kappa shape index (κ2) is 6.16. The van der Waals surface area contributed by atoms with Gasteiger partial charge >= 0.3 is 0 Å². The molecule has 1 fully saturated rings. The van der Waals surface area contributed by atoms with E-state index in [4.69, 9.17) is 11.6 Å². The molecule has 18 heavy (non-hydrogen) atoms. The maximum Gasteiger partial charge on any atom is 0.256 e. The molecule has 0 aliphatic carbocycles. The molecule has 98 valence electrons. The van der Waals surface area contributed by atoms with E-state index in [2.05, 4.69) is 9.88 Å². The first kappa shape index (κ1) is 13.3. The maximum absolute atomic E-state index is 12.2. The Morgan fingerprint density at radius 1 is 1.50 bits per heavy atom. The summed E-state index contributed by atoms with van der Waals surface area (Å²) >= 11 is 5.92. The molecule has 1 aliphatic rings. The average molecular weight is 268 g/mol. The van der Waals surface area contributed by atoms with Crippen molar-refractivity contribution in [2.24, 2.45) is 0 Å². The zero-order chi connectivity index (χ0) is 13.0. The van der Waals surface area contributed by atoms with E-state index in [1.807, 2.05) is 7.05 Å². The van der Waals surface area contributed by atoms with Crippen molar-refractivity contribution in [2.75, 3.05) is 33.2 Å². The molecule has 2 heterocycles. The molecule has 4 nitrogen and oxygen atoms in total. The van der Waals surface area contributed by atoms with Crippen LogP contribution in [0.4, 0.5) is 0 Å². The lowest BCUT2D eigenvalue weighted by Gasteiger charge is -2.21. The predicted octanol–water partition coefficient (Wildman–Crippen LogP) is 1.90. The van der Waals surface area contributed by atoms with Gasteiger partial charge in [0.2, 0.25) is 0 Å². The fraction of sp³-hybridized carbons (Fsp3) is 0.538. The van der Waals surface area contributed by atoms with E-state index < -0.39 is 0 Å². The van der Waals surface area contributed by atoms with Crippen LogP contribution in [0.25, 0.3) is 0 Å². The highest BCUT2D eigenvalue weighted by Crippen LogP contribution is 2.14. The number of carbonyl (C=O) groups excluding carboxylic acids is 1. The highest BCUT2D eigenvalue weighted by atomic mass is 35.5. The molecule has 0 unspecified atom stereocenters. The van der Waals surface area contributed by atoms with Gasteiger partial charge in [-0.15, -0.1) is 0 Å². The number of carbonyl (C=O) groups is 1.